The minimum atomic E-state index is -0.392. The third-order valence-corrected chi connectivity index (χ3v) is 2.57. The van der Waals surface area contributed by atoms with E-state index in [9.17, 15) is 9.90 Å². The van der Waals surface area contributed by atoms with Gasteiger partial charge in [-0.3, -0.25) is 5.32 Å². The first-order valence-electron chi connectivity index (χ1n) is 5.33. The molecule has 5 heteroatoms. The van der Waals surface area contributed by atoms with Gasteiger partial charge in [0.2, 0.25) is 0 Å². The molecule has 2 rings (SSSR count). The summed E-state index contributed by atoms with van der Waals surface area (Å²) >= 11 is 0. The second kappa shape index (κ2) is 4.49. The molecule has 86 valence electrons. The van der Waals surface area contributed by atoms with Crippen LogP contribution in [0.5, 0.6) is 0 Å². The highest BCUT2D eigenvalue weighted by Crippen LogP contribution is 2.11. The SMILES string of the molecule is Cc1cccc(NC(=O)N2CC[C@H](O)C2)n1. The molecule has 1 aliphatic heterocycles. The molecule has 1 aliphatic rings. The number of amides is 2. The van der Waals surface area contributed by atoms with E-state index in [0.29, 0.717) is 25.3 Å². The summed E-state index contributed by atoms with van der Waals surface area (Å²) in [4.78, 5) is 17.5. The standard InChI is InChI=1S/C11H15N3O2/c1-8-3-2-4-10(12-8)13-11(16)14-6-5-9(15)7-14/h2-4,9,15H,5-7H2,1H3,(H,12,13,16)/t9-/m0/s1. The average Bonchev–Trinajstić information content (AvgIpc) is 2.65. The van der Waals surface area contributed by atoms with Crippen molar-refractivity contribution in [3.8, 4) is 0 Å². The van der Waals surface area contributed by atoms with E-state index in [-0.39, 0.29) is 6.03 Å². The van der Waals surface area contributed by atoms with Crippen molar-refractivity contribution in [1.82, 2.24) is 9.88 Å². The van der Waals surface area contributed by atoms with Crippen LogP contribution >= 0.6 is 0 Å². The summed E-state index contributed by atoms with van der Waals surface area (Å²) in [7, 11) is 0. The van der Waals surface area contributed by atoms with E-state index < -0.39 is 6.10 Å². The summed E-state index contributed by atoms with van der Waals surface area (Å²) in [6.45, 7) is 2.87. The Morgan fingerprint density at radius 3 is 3.06 bits per heavy atom. The van der Waals surface area contributed by atoms with Gasteiger partial charge in [-0.05, 0) is 25.5 Å². The van der Waals surface area contributed by atoms with Crippen molar-refractivity contribution in [2.24, 2.45) is 0 Å². The first kappa shape index (κ1) is 10.9. The molecule has 2 heterocycles. The fourth-order valence-corrected chi connectivity index (χ4v) is 1.73. The van der Waals surface area contributed by atoms with Crippen molar-refractivity contribution in [2.75, 3.05) is 18.4 Å². The van der Waals surface area contributed by atoms with Crippen LogP contribution in [0.1, 0.15) is 12.1 Å². The first-order valence-corrected chi connectivity index (χ1v) is 5.33. The van der Waals surface area contributed by atoms with Gasteiger partial charge in [0.15, 0.2) is 0 Å². The second-order valence-electron chi connectivity index (χ2n) is 3.98. The highest BCUT2D eigenvalue weighted by Gasteiger charge is 2.24. The zero-order chi connectivity index (χ0) is 11.5. The summed E-state index contributed by atoms with van der Waals surface area (Å²) in [6.07, 6.45) is 0.255. The van der Waals surface area contributed by atoms with Crippen LogP contribution in [-0.2, 0) is 0 Å². The first-order chi connectivity index (χ1) is 7.65. The lowest BCUT2D eigenvalue weighted by molar-refractivity contribution is 0.176. The van der Waals surface area contributed by atoms with Crippen LogP contribution in [0.2, 0.25) is 0 Å². The van der Waals surface area contributed by atoms with Crippen molar-refractivity contribution in [1.29, 1.82) is 0 Å². The van der Waals surface area contributed by atoms with Crippen molar-refractivity contribution in [2.45, 2.75) is 19.4 Å². The van der Waals surface area contributed by atoms with Gasteiger partial charge in [-0.1, -0.05) is 6.07 Å². The molecule has 1 aromatic heterocycles. The van der Waals surface area contributed by atoms with Crippen molar-refractivity contribution >= 4 is 11.8 Å². The number of rotatable bonds is 1. The maximum atomic E-state index is 11.7. The summed E-state index contributed by atoms with van der Waals surface area (Å²) in [5, 5.41) is 12.0. The number of nitrogens with zero attached hydrogens (tertiary/aromatic N) is 2. The fraction of sp³-hybridized carbons (Fsp3) is 0.455. The van der Waals surface area contributed by atoms with E-state index in [0.717, 1.165) is 5.69 Å². The van der Waals surface area contributed by atoms with Gasteiger partial charge >= 0.3 is 6.03 Å². The number of nitrogens with one attached hydrogen (secondary N) is 1. The quantitative estimate of drug-likeness (QED) is 0.743. The summed E-state index contributed by atoms with van der Waals surface area (Å²) in [6, 6.07) is 5.26. The number of aryl methyl sites for hydroxylation is 1. The predicted molar refractivity (Wildman–Crippen MR) is 60.2 cm³/mol. The Morgan fingerprint density at radius 1 is 1.62 bits per heavy atom. The number of hydrogen-bond donors (Lipinski definition) is 2. The number of pyridine rings is 1. The maximum absolute atomic E-state index is 11.7. The molecule has 1 atom stereocenters. The number of carbonyl (C=O) groups is 1. The Kier molecular flexibility index (Phi) is 3.05. The molecular weight excluding hydrogens is 206 g/mol. The molecule has 0 aliphatic carbocycles. The minimum absolute atomic E-state index is 0.199. The van der Waals surface area contributed by atoms with E-state index >= 15 is 0 Å². The lowest BCUT2D eigenvalue weighted by Gasteiger charge is -2.15. The molecule has 0 spiro atoms. The van der Waals surface area contributed by atoms with Gasteiger partial charge in [0, 0.05) is 18.8 Å². The Morgan fingerprint density at radius 2 is 2.44 bits per heavy atom. The van der Waals surface area contributed by atoms with Gasteiger partial charge in [-0.15, -0.1) is 0 Å². The molecule has 1 aromatic rings. The number of β-amino-alcohol motifs (C(OH)–C–C–N with tert-alkyl or cyclic N) is 1. The van der Waals surface area contributed by atoms with Gasteiger partial charge in [0.1, 0.15) is 5.82 Å². The van der Waals surface area contributed by atoms with Crippen LogP contribution in [0.3, 0.4) is 0 Å². The number of likely N-dealkylation sites (tertiary alicyclic amines) is 1. The molecule has 1 saturated heterocycles. The van der Waals surface area contributed by atoms with Crippen molar-refractivity contribution < 1.29 is 9.90 Å². The zero-order valence-corrected chi connectivity index (χ0v) is 9.18. The number of carbonyl (C=O) groups excluding carboxylic acids is 1. The molecule has 16 heavy (non-hydrogen) atoms. The van der Waals surface area contributed by atoms with Gasteiger partial charge in [-0.2, -0.15) is 0 Å². The Hall–Kier alpha value is -1.62. The van der Waals surface area contributed by atoms with Crippen LogP contribution in [0, 0.1) is 6.92 Å². The zero-order valence-electron chi connectivity index (χ0n) is 9.18. The van der Waals surface area contributed by atoms with Gasteiger partial charge in [0.05, 0.1) is 6.10 Å². The lowest BCUT2D eigenvalue weighted by Crippen LogP contribution is -2.33. The average molecular weight is 221 g/mol. The Bertz CT molecular complexity index is 395. The molecule has 0 unspecified atom stereocenters. The highest BCUT2D eigenvalue weighted by atomic mass is 16.3. The van der Waals surface area contributed by atoms with Crippen LogP contribution < -0.4 is 5.32 Å². The molecule has 0 aromatic carbocycles. The molecule has 0 bridgehead atoms. The molecule has 2 amide bonds. The number of aliphatic hydroxyl groups excluding tert-OH is 1. The smallest absolute Gasteiger partial charge is 0.323 e. The third kappa shape index (κ3) is 2.49. The fourth-order valence-electron chi connectivity index (χ4n) is 1.73. The lowest BCUT2D eigenvalue weighted by atomic mass is 10.3. The van der Waals surface area contributed by atoms with E-state index in [1.165, 1.54) is 0 Å². The number of urea groups is 1. The van der Waals surface area contributed by atoms with E-state index in [1.54, 1.807) is 11.0 Å². The molecule has 0 radical (unpaired) electrons. The monoisotopic (exact) mass is 221 g/mol. The van der Waals surface area contributed by atoms with Crippen molar-refractivity contribution in [3.63, 3.8) is 0 Å². The van der Waals surface area contributed by atoms with Crippen LogP contribution in [0.15, 0.2) is 18.2 Å². The van der Waals surface area contributed by atoms with E-state index in [4.69, 9.17) is 0 Å². The highest BCUT2D eigenvalue weighted by molar-refractivity contribution is 5.88. The third-order valence-electron chi connectivity index (χ3n) is 2.57. The van der Waals surface area contributed by atoms with Gasteiger partial charge in [-0.25, -0.2) is 9.78 Å². The van der Waals surface area contributed by atoms with Crippen LogP contribution in [0.25, 0.3) is 0 Å². The number of anilines is 1. The molecule has 1 fully saturated rings. The van der Waals surface area contributed by atoms with Gasteiger partial charge < -0.3 is 10.0 Å². The second-order valence-corrected chi connectivity index (χ2v) is 3.98. The summed E-state index contributed by atoms with van der Waals surface area (Å²) < 4.78 is 0. The molecule has 5 nitrogen and oxygen atoms in total. The largest absolute Gasteiger partial charge is 0.391 e. The number of aromatic nitrogens is 1. The van der Waals surface area contributed by atoms with E-state index in [2.05, 4.69) is 10.3 Å². The molecule has 2 N–H and O–H groups in total. The summed E-state index contributed by atoms with van der Waals surface area (Å²) in [5.74, 6) is 0.548. The normalized spacial score (nSPS) is 19.9. The van der Waals surface area contributed by atoms with E-state index in [1.807, 2.05) is 19.1 Å². The predicted octanol–water partition coefficient (Wildman–Crippen LogP) is 0.989. The molecule has 0 saturated carbocycles. The van der Waals surface area contributed by atoms with Gasteiger partial charge in [0.25, 0.3) is 0 Å². The minimum Gasteiger partial charge on any atom is -0.391 e. The molecular formula is C11H15N3O2. The Balaban J connectivity index is 1.97. The number of aliphatic hydroxyl groups is 1. The summed E-state index contributed by atoms with van der Waals surface area (Å²) in [5.41, 5.74) is 0.860. The maximum Gasteiger partial charge on any atom is 0.323 e. The topological polar surface area (TPSA) is 65.5 Å². The van der Waals surface area contributed by atoms with Crippen LogP contribution in [0.4, 0.5) is 10.6 Å². The number of hydrogen-bond acceptors (Lipinski definition) is 3. The van der Waals surface area contributed by atoms with Crippen LogP contribution in [-0.4, -0.2) is 40.2 Å². The Labute approximate surface area is 94.1 Å². The van der Waals surface area contributed by atoms with Crippen molar-refractivity contribution in [3.05, 3.63) is 23.9 Å².